The van der Waals surface area contributed by atoms with Crippen LogP contribution in [0.1, 0.15) is 71.6 Å². The van der Waals surface area contributed by atoms with E-state index in [2.05, 4.69) is 25.2 Å². The SMILES string of the molecule is CCNC1(C#N)CCCC1CCOC1CCCCC1CC. The van der Waals surface area contributed by atoms with Crippen molar-refractivity contribution >= 4 is 0 Å². The Balaban J connectivity index is 1.81. The standard InChI is InChI=1S/C18H32N2O/c1-3-15-8-5-6-10-17(15)21-13-11-16-9-7-12-18(16,14-19)20-4-2/h15-17,20H,3-13H2,1-2H3. The first kappa shape index (κ1) is 16.8. The fourth-order valence-electron chi connectivity index (χ4n) is 4.43. The summed E-state index contributed by atoms with van der Waals surface area (Å²) in [4.78, 5) is 0. The van der Waals surface area contributed by atoms with Crippen molar-refractivity contribution in [3.63, 3.8) is 0 Å². The van der Waals surface area contributed by atoms with Gasteiger partial charge in [0.2, 0.25) is 0 Å². The van der Waals surface area contributed by atoms with Crippen molar-refractivity contribution in [1.82, 2.24) is 5.32 Å². The predicted molar refractivity (Wildman–Crippen MR) is 86.0 cm³/mol. The van der Waals surface area contributed by atoms with Crippen LogP contribution in [-0.4, -0.2) is 24.8 Å². The number of nitriles is 1. The van der Waals surface area contributed by atoms with E-state index in [9.17, 15) is 5.26 Å². The van der Waals surface area contributed by atoms with Crippen LogP contribution in [0.2, 0.25) is 0 Å². The van der Waals surface area contributed by atoms with Crippen LogP contribution in [0.15, 0.2) is 0 Å². The number of ether oxygens (including phenoxy) is 1. The van der Waals surface area contributed by atoms with Crippen LogP contribution < -0.4 is 5.32 Å². The number of rotatable bonds is 7. The van der Waals surface area contributed by atoms with Gasteiger partial charge in [0.05, 0.1) is 12.2 Å². The molecule has 0 radical (unpaired) electrons. The van der Waals surface area contributed by atoms with Crippen LogP contribution in [0.5, 0.6) is 0 Å². The molecule has 3 nitrogen and oxygen atoms in total. The molecule has 4 atom stereocenters. The van der Waals surface area contributed by atoms with E-state index in [1.54, 1.807) is 0 Å². The van der Waals surface area contributed by atoms with Crippen molar-refractivity contribution in [1.29, 1.82) is 5.26 Å². The smallest absolute Gasteiger partial charge is 0.109 e. The Kier molecular flexibility index (Phi) is 6.51. The molecule has 0 heterocycles. The van der Waals surface area contributed by atoms with Crippen LogP contribution in [0.3, 0.4) is 0 Å². The zero-order chi connectivity index (χ0) is 15.1. The van der Waals surface area contributed by atoms with Gasteiger partial charge < -0.3 is 4.74 Å². The molecule has 2 aliphatic carbocycles. The molecular formula is C18H32N2O. The van der Waals surface area contributed by atoms with E-state index in [1.165, 1.54) is 44.9 Å². The lowest BCUT2D eigenvalue weighted by atomic mass is 9.84. The number of nitrogens with one attached hydrogen (secondary N) is 1. The van der Waals surface area contributed by atoms with Crippen molar-refractivity contribution in [2.45, 2.75) is 83.3 Å². The largest absolute Gasteiger partial charge is 0.378 e. The summed E-state index contributed by atoms with van der Waals surface area (Å²) in [5.74, 6) is 1.22. The first-order valence-corrected chi connectivity index (χ1v) is 9.03. The van der Waals surface area contributed by atoms with E-state index in [0.29, 0.717) is 12.0 Å². The average molecular weight is 292 g/mol. The van der Waals surface area contributed by atoms with Gasteiger partial charge >= 0.3 is 0 Å². The van der Waals surface area contributed by atoms with Crippen molar-refractivity contribution in [2.24, 2.45) is 11.8 Å². The van der Waals surface area contributed by atoms with Gasteiger partial charge in [0, 0.05) is 6.61 Å². The second-order valence-corrected chi connectivity index (χ2v) is 6.85. The van der Waals surface area contributed by atoms with Gasteiger partial charge in [0.25, 0.3) is 0 Å². The lowest BCUT2D eigenvalue weighted by Gasteiger charge is -2.33. The summed E-state index contributed by atoms with van der Waals surface area (Å²) in [7, 11) is 0. The molecule has 2 rings (SSSR count). The van der Waals surface area contributed by atoms with Crippen LogP contribution in [0.25, 0.3) is 0 Å². The van der Waals surface area contributed by atoms with E-state index < -0.39 is 0 Å². The summed E-state index contributed by atoms with van der Waals surface area (Å²) in [6.45, 7) is 6.10. The van der Waals surface area contributed by atoms with Crippen LogP contribution in [0, 0.1) is 23.2 Å². The fraction of sp³-hybridized carbons (Fsp3) is 0.944. The minimum atomic E-state index is -0.283. The molecule has 4 unspecified atom stereocenters. The maximum Gasteiger partial charge on any atom is 0.109 e. The molecule has 0 saturated heterocycles. The average Bonchev–Trinajstić information content (AvgIpc) is 2.91. The van der Waals surface area contributed by atoms with Crippen LogP contribution in [0.4, 0.5) is 0 Å². The van der Waals surface area contributed by atoms with Gasteiger partial charge in [-0.25, -0.2) is 0 Å². The lowest BCUT2D eigenvalue weighted by molar-refractivity contribution is -0.0190. The first-order chi connectivity index (χ1) is 10.3. The molecule has 3 heteroatoms. The van der Waals surface area contributed by atoms with Crippen molar-refractivity contribution < 1.29 is 4.74 Å². The van der Waals surface area contributed by atoms with Gasteiger partial charge in [-0.05, 0) is 50.5 Å². The monoisotopic (exact) mass is 292 g/mol. The van der Waals surface area contributed by atoms with Crippen molar-refractivity contribution in [3.8, 4) is 6.07 Å². The van der Waals surface area contributed by atoms with Crippen LogP contribution >= 0.6 is 0 Å². The molecule has 0 spiro atoms. The molecule has 1 N–H and O–H groups in total. The maximum atomic E-state index is 9.59. The summed E-state index contributed by atoms with van der Waals surface area (Å²) < 4.78 is 6.23. The summed E-state index contributed by atoms with van der Waals surface area (Å²) in [6.07, 6.45) is 11.4. The Morgan fingerprint density at radius 1 is 1.19 bits per heavy atom. The van der Waals surface area contributed by atoms with Gasteiger partial charge in [0.1, 0.15) is 5.54 Å². The molecular weight excluding hydrogens is 260 g/mol. The zero-order valence-corrected chi connectivity index (χ0v) is 13.9. The topological polar surface area (TPSA) is 45.0 Å². The summed E-state index contributed by atoms with van der Waals surface area (Å²) in [5.41, 5.74) is -0.283. The van der Waals surface area contributed by atoms with Crippen molar-refractivity contribution in [3.05, 3.63) is 0 Å². The minimum absolute atomic E-state index is 0.283. The molecule has 0 aromatic rings. The maximum absolute atomic E-state index is 9.59. The summed E-state index contributed by atoms with van der Waals surface area (Å²) in [6, 6.07) is 2.57. The quantitative estimate of drug-likeness (QED) is 0.770. The Hall–Kier alpha value is -0.590. The van der Waals surface area contributed by atoms with E-state index in [4.69, 9.17) is 4.74 Å². The lowest BCUT2D eigenvalue weighted by Crippen LogP contribution is -2.47. The van der Waals surface area contributed by atoms with Gasteiger partial charge in [-0.1, -0.05) is 39.5 Å². The third-order valence-electron chi connectivity index (χ3n) is 5.67. The third kappa shape index (κ3) is 3.99. The molecule has 0 amide bonds. The Morgan fingerprint density at radius 3 is 2.71 bits per heavy atom. The summed E-state index contributed by atoms with van der Waals surface area (Å²) in [5, 5.41) is 13.0. The number of hydrogen-bond acceptors (Lipinski definition) is 3. The van der Waals surface area contributed by atoms with Crippen molar-refractivity contribution in [2.75, 3.05) is 13.2 Å². The second kappa shape index (κ2) is 8.15. The molecule has 0 aliphatic heterocycles. The van der Waals surface area contributed by atoms with E-state index in [0.717, 1.165) is 31.9 Å². The zero-order valence-electron chi connectivity index (χ0n) is 13.9. The third-order valence-corrected chi connectivity index (χ3v) is 5.67. The van der Waals surface area contributed by atoms with Gasteiger partial charge in [0.15, 0.2) is 0 Å². The van der Waals surface area contributed by atoms with Crippen LogP contribution in [-0.2, 0) is 4.74 Å². The molecule has 2 fully saturated rings. The van der Waals surface area contributed by atoms with Gasteiger partial charge in [-0.2, -0.15) is 5.26 Å². The number of hydrogen-bond donors (Lipinski definition) is 1. The fourth-order valence-corrected chi connectivity index (χ4v) is 4.43. The molecule has 0 aromatic heterocycles. The highest BCUT2D eigenvalue weighted by Crippen LogP contribution is 2.38. The van der Waals surface area contributed by atoms with Gasteiger partial charge in [-0.15, -0.1) is 0 Å². The highest BCUT2D eigenvalue weighted by atomic mass is 16.5. The Morgan fingerprint density at radius 2 is 2.00 bits per heavy atom. The Bertz CT molecular complexity index is 352. The molecule has 21 heavy (non-hydrogen) atoms. The highest BCUT2D eigenvalue weighted by molar-refractivity contribution is 5.13. The molecule has 2 saturated carbocycles. The molecule has 120 valence electrons. The Labute approximate surface area is 130 Å². The highest BCUT2D eigenvalue weighted by Gasteiger charge is 2.42. The van der Waals surface area contributed by atoms with E-state index in [1.807, 2.05) is 0 Å². The second-order valence-electron chi connectivity index (χ2n) is 6.85. The van der Waals surface area contributed by atoms with E-state index in [-0.39, 0.29) is 5.54 Å². The molecule has 0 aromatic carbocycles. The molecule has 2 aliphatic rings. The summed E-state index contributed by atoms with van der Waals surface area (Å²) >= 11 is 0. The minimum Gasteiger partial charge on any atom is -0.378 e. The van der Waals surface area contributed by atoms with E-state index >= 15 is 0 Å². The predicted octanol–water partition coefficient (Wildman–Crippen LogP) is 4.03. The molecule has 0 bridgehead atoms. The number of nitrogens with zero attached hydrogens (tertiary/aromatic N) is 1. The van der Waals surface area contributed by atoms with Gasteiger partial charge in [-0.3, -0.25) is 5.32 Å². The normalized spacial score (nSPS) is 36.5. The first-order valence-electron chi connectivity index (χ1n) is 9.03.